The summed E-state index contributed by atoms with van der Waals surface area (Å²) >= 11 is 3.64. The van der Waals surface area contributed by atoms with Gasteiger partial charge < -0.3 is 10.1 Å². The van der Waals surface area contributed by atoms with E-state index in [9.17, 15) is 0 Å². The molecule has 0 unspecified atom stereocenters. The van der Waals surface area contributed by atoms with Gasteiger partial charge in [0.05, 0.1) is 12.7 Å². The lowest BCUT2D eigenvalue weighted by Gasteiger charge is -2.25. The third kappa shape index (κ3) is 4.08. The number of benzene rings is 1. The minimum Gasteiger partial charge on any atom is -0.374 e. The van der Waals surface area contributed by atoms with Crippen LogP contribution < -0.4 is 5.32 Å². The van der Waals surface area contributed by atoms with Crippen LogP contribution in [0.2, 0.25) is 0 Å². The minimum atomic E-state index is 0.499. The van der Waals surface area contributed by atoms with Crippen molar-refractivity contribution in [3.8, 4) is 0 Å². The first-order valence-corrected chi connectivity index (χ1v) is 7.56. The monoisotopic (exact) mass is 311 g/mol. The first-order valence-electron chi connectivity index (χ1n) is 6.77. The Balaban J connectivity index is 1.87. The van der Waals surface area contributed by atoms with Gasteiger partial charge in [0.2, 0.25) is 0 Å². The summed E-state index contributed by atoms with van der Waals surface area (Å²) in [5.41, 5.74) is 2.55. The molecular formula is C15H22BrNO. The molecule has 2 rings (SSSR count). The average Bonchev–Trinajstić information content (AvgIpc) is 2.26. The first-order chi connectivity index (χ1) is 8.65. The summed E-state index contributed by atoms with van der Waals surface area (Å²) < 4.78 is 6.99. The summed E-state index contributed by atoms with van der Waals surface area (Å²) in [7, 11) is 0. The fourth-order valence-electron chi connectivity index (χ4n) is 1.88. The van der Waals surface area contributed by atoms with Crippen LogP contribution in [0.4, 0.5) is 0 Å². The fraction of sp³-hybridized carbons (Fsp3) is 0.600. The van der Waals surface area contributed by atoms with Gasteiger partial charge in [-0.05, 0) is 36.5 Å². The van der Waals surface area contributed by atoms with Crippen LogP contribution >= 0.6 is 15.9 Å². The minimum absolute atomic E-state index is 0.499. The van der Waals surface area contributed by atoms with Crippen LogP contribution in [0.3, 0.4) is 0 Å². The van der Waals surface area contributed by atoms with Crippen molar-refractivity contribution in [3.05, 3.63) is 33.8 Å². The lowest BCUT2D eigenvalue weighted by atomic mass is 9.96. The van der Waals surface area contributed by atoms with E-state index in [1.54, 1.807) is 0 Å². The van der Waals surface area contributed by atoms with Crippen LogP contribution in [-0.2, 0) is 17.9 Å². The molecule has 0 atom stereocenters. The molecule has 1 fully saturated rings. The Bertz CT molecular complexity index is 388. The third-order valence-electron chi connectivity index (χ3n) is 3.36. The highest BCUT2D eigenvalue weighted by molar-refractivity contribution is 9.10. The topological polar surface area (TPSA) is 21.3 Å². The van der Waals surface area contributed by atoms with Gasteiger partial charge in [-0.15, -0.1) is 0 Å². The summed E-state index contributed by atoms with van der Waals surface area (Å²) in [4.78, 5) is 0. The maximum atomic E-state index is 5.84. The van der Waals surface area contributed by atoms with E-state index in [1.165, 1.54) is 30.4 Å². The van der Waals surface area contributed by atoms with E-state index < -0.39 is 0 Å². The first kappa shape index (κ1) is 14.0. The van der Waals surface area contributed by atoms with Crippen molar-refractivity contribution in [2.24, 2.45) is 0 Å². The van der Waals surface area contributed by atoms with E-state index in [4.69, 9.17) is 4.74 Å². The smallest absolute Gasteiger partial charge is 0.0731 e. The molecular weight excluding hydrogens is 290 g/mol. The van der Waals surface area contributed by atoms with Crippen molar-refractivity contribution in [2.45, 2.75) is 58.4 Å². The molecule has 3 heteroatoms. The number of nitrogens with one attached hydrogen (secondary N) is 1. The predicted molar refractivity (Wildman–Crippen MR) is 78.5 cm³/mol. The summed E-state index contributed by atoms with van der Waals surface area (Å²) in [6.45, 7) is 5.97. The summed E-state index contributed by atoms with van der Waals surface area (Å²) in [6.07, 6.45) is 4.28. The molecule has 0 aliphatic heterocycles. The maximum Gasteiger partial charge on any atom is 0.0731 e. The summed E-state index contributed by atoms with van der Waals surface area (Å²) in [5, 5.41) is 3.42. The third-order valence-corrected chi connectivity index (χ3v) is 4.10. The molecule has 100 valence electrons. The highest BCUT2D eigenvalue weighted by Gasteiger charge is 2.18. The highest BCUT2D eigenvalue weighted by Crippen LogP contribution is 2.25. The van der Waals surface area contributed by atoms with E-state index in [0.29, 0.717) is 12.1 Å². The van der Waals surface area contributed by atoms with Gasteiger partial charge >= 0.3 is 0 Å². The zero-order valence-corrected chi connectivity index (χ0v) is 12.8. The number of rotatable bonds is 6. The molecule has 0 spiro atoms. The van der Waals surface area contributed by atoms with Crippen molar-refractivity contribution in [1.29, 1.82) is 0 Å². The van der Waals surface area contributed by atoms with Crippen molar-refractivity contribution in [2.75, 3.05) is 0 Å². The van der Waals surface area contributed by atoms with Gasteiger partial charge in [-0.25, -0.2) is 0 Å². The van der Waals surface area contributed by atoms with Gasteiger partial charge in [0.15, 0.2) is 0 Å². The van der Waals surface area contributed by atoms with Crippen molar-refractivity contribution < 1.29 is 4.74 Å². The summed E-state index contributed by atoms with van der Waals surface area (Å²) in [6, 6.07) is 7.06. The van der Waals surface area contributed by atoms with E-state index in [0.717, 1.165) is 17.6 Å². The Morgan fingerprint density at radius 1 is 1.39 bits per heavy atom. The van der Waals surface area contributed by atoms with Crippen LogP contribution in [0.15, 0.2) is 22.7 Å². The molecule has 1 aromatic rings. The Morgan fingerprint density at radius 2 is 2.17 bits per heavy atom. The molecule has 1 aliphatic carbocycles. The molecule has 0 aromatic heterocycles. The summed E-state index contributed by atoms with van der Waals surface area (Å²) in [5.74, 6) is 0. The largest absolute Gasteiger partial charge is 0.374 e. The van der Waals surface area contributed by atoms with Crippen LogP contribution in [0.1, 0.15) is 44.2 Å². The lowest BCUT2D eigenvalue weighted by Crippen LogP contribution is -2.22. The molecule has 0 saturated heterocycles. The van der Waals surface area contributed by atoms with Gasteiger partial charge in [0, 0.05) is 17.1 Å². The second-order valence-corrected chi connectivity index (χ2v) is 6.18. The zero-order valence-electron chi connectivity index (χ0n) is 11.2. The Morgan fingerprint density at radius 3 is 2.72 bits per heavy atom. The normalized spacial score (nSPS) is 16.0. The van der Waals surface area contributed by atoms with Gasteiger partial charge in [0.1, 0.15) is 0 Å². The molecule has 0 amide bonds. The Kier molecular flexibility index (Phi) is 5.22. The number of halogens is 1. The zero-order chi connectivity index (χ0) is 13.0. The molecule has 1 saturated carbocycles. The second kappa shape index (κ2) is 6.69. The predicted octanol–water partition coefficient (Wildman–Crippen LogP) is 4.02. The molecule has 0 heterocycles. The lowest BCUT2D eigenvalue weighted by molar-refractivity contribution is -0.00889. The number of hydrogen-bond donors (Lipinski definition) is 1. The number of ether oxygens (including phenoxy) is 1. The van der Waals surface area contributed by atoms with E-state index in [2.05, 4.69) is 53.3 Å². The Hall–Kier alpha value is -0.380. The molecule has 0 bridgehead atoms. The van der Waals surface area contributed by atoms with Gasteiger partial charge in [0.25, 0.3) is 0 Å². The Labute approximate surface area is 118 Å². The van der Waals surface area contributed by atoms with Crippen molar-refractivity contribution >= 4 is 15.9 Å². The number of hydrogen-bond acceptors (Lipinski definition) is 2. The standard InChI is InChI=1S/C15H22BrNO/c1-11(2)17-9-12-6-7-13(15(16)8-12)10-18-14-4-3-5-14/h6-8,11,14,17H,3-5,9-10H2,1-2H3. The van der Waals surface area contributed by atoms with E-state index in [-0.39, 0.29) is 0 Å². The molecule has 18 heavy (non-hydrogen) atoms. The maximum absolute atomic E-state index is 5.84. The van der Waals surface area contributed by atoms with Crippen LogP contribution in [0.5, 0.6) is 0 Å². The van der Waals surface area contributed by atoms with Crippen LogP contribution in [0, 0.1) is 0 Å². The van der Waals surface area contributed by atoms with Crippen molar-refractivity contribution in [1.82, 2.24) is 5.32 Å². The van der Waals surface area contributed by atoms with Gasteiger partial charge in [-0.2, -0.15) is 0 Å². The van der Waals surface area contributed by atoms with Crippen LogP contribution in [0.25, 0.3) is 0 Å². The SMILES string of the molecule is CC(C)NCc1ccc(COC2CCC2)c(Br)c1. The van der Waals surface area contributed by atoms with Crippen molar-refractivity contribution in [3.63, 3.8) is 0 Å². The van der Waals surface area contributed by atoms with E-state index in [1.807, 2.05) is 0 Å². The van der Waals surface area contributed by atoms with Crippen LogP contribution in [-0.4, -0.2) is 12.1 Å². The highest BCUT2D eigenvalue weighted by atomic mass is 79.9. The average molecular weight is 312 g/mol. The molecule has 1 aromatic carbocycles. The van der Waals surface area contributed by atoms with E-state index >= 15 is 0 Å². The second-order valence-electron chi connectivity index (χ2n) is 5.33. The molecule has 1 aliphatic rings. The van der Waals surface area contributed by atoms with Gasteiger partial charge in [-0.1, -0.05) is 41.9 Å². The molecule has 2 nitrogen and oxygen atoms in total. The van der Waals surface area contributed by atoms with Gasteiger partial charge in [-0.3, -0.25) is 0 Å². The molecule has 1 N–H and O–H groups in total. The molecule has 0 radical (unpaired) electrons. The fourth-order valence-corrected chi connectivity index (χ4v) is 2.43. The quantitative estimate of drug-likeness (QED) is 0.857.